The van der Waals surface area contributed by atoms with E-state index in [-0.39, 0.29) is 5.91 Å². The van der Waals surface area contributed by atoms with Gasteiger partial charge in [0, 0.05) is 12.5 Å². The fourth-order valence-electron chi connectivity index (χ4n) is 3.12. The molecule has 6 heteroatoms. The van der Waals surface area contributed by atoms with E-state index in [1.165, 1.54) is 5.56 Å². The van der Waals surface area contributed by atoms with Gasteiger partial charge in [0.05, 0.1) is 23.3 Å². The molecule has 0 fully saturated rings. The van der Waals surface area contributed by atoms with Gasteiger partial charge in [0.2, 0.25) is 11.9 Å². The van der Waals surface area contributed by atoms with E-state index in [0.29, 0.717) is 24.7 Å². The molecule has 0 aliphatic carbocycles. The summed E-state index contributed by atoms with van der Waals surface area (Å²) in [5.74, 6) is 1.25. The summed E-state index contributed by atoms with van der Waals surface area (Å²) >= 11 is 0. The Bertz CT molecular complexity index is 1090. The number of hydrogen-bond acceptors (Lipinski definition) is 3. The molecule has 136 valence electrons. The van der Waals surface area contributed by atoms with Gasteiger partial charge in [0.25, 0.3) is 0 Å². The van der Waals surface area contributed by atoms with Crippen LogP contribution in [0.15, 0.2) is 60.7 Å². The van der Waals surface area contributed by atoms with Crippen LogP contribution in [-0.2, 0) is 11.3 Å². The Kier molecular flexibility index (Phi) is 4.46. The Balaban J connectivity index is 1.87. The molecule has 1 N–H and O–H groups in total. The average Bonchev–Trinajstić information content (AvgIpc) is 3.22. The van der Waals surface area contributed by atoms with Crippen LogP contribution < -0.4 is 5.32 Å². The van der Waals surface area contributed by atoms with E-state index in [9.17, 15) is 4.79 Å². The molecule has 6 nitrogen and oxygen atoms in total. The molecular weight excluding hydrogens is 338 g/mol. The quantitative estimate of drug-likeness (QED) is 0.587. The molecule has 0 saturated heterocycles. The summed E-state index contributed by atoms with van der Waals surface area (Å²) in [7, 11) is 0. The highest BCUT2D eigenvalue weighted by Crippen LogP contribution is 2.23. The molecule has 0 aliphatic heterocycles. The van der Waals surface area contributed by atoms with Crippen LogP contribution in [0.2, 0.25) is 0 Å². The van der Waals surface area contributed by atoms with Crippen LogP contribution in [-0.4, -0.2) is 25.2 Å². The summed E-state index contributed by atoms with van der Waals surface area (Å²) in [6, 6.07) is 20.1. The van der Waals surface area contributed by atoms with Gasteiger partial charge in [-0.3, -0.25) is 4.79 Å². The van der Waals surface area contributed by atoms with E-state index in [0.717, 1.165) is 16.7 Å². The maximum Gasteiger partial charge on any atom is 0.234 e. The van der Waals surface area contributed by atoms with Gasteiger partial charge in [0.1, 0.15) is 5.82 Å². The second kappa shape index (κ2) is 7.07. The zero-order valence-corrected chi connectivity index (χ0v) is 15.4. The fraction of sp³-hybridized carbons (Fsp3) is 0.190. The molecule has 2 heterocycles. The van der Waals surface area contributed by atoms with Crippen LogP contribution in [0, 0.1) is 6.92 Å². The Hall–Kier alpha value is -3.41. The third-order valence-corrected chi connectivity index (χ3v) is 4.43. The number of imidazole rings is 1. The lowest BCUT2D eigenvalue weighted by Gasteiger charge is -2.12. The van der Waals surface area contributed by atoms with Gasteiger partial charge in [0.15, 0.2) is 0 Å². The van der Waals surface area contributed by atoms with Crippen LogP contribution in [0.5, 0.6) is 0 Å². The third-order valence-electron chi connectivity index (χ3n) is 4.43. The summed E-state index contributed by atoms with van der Waals surface area (Å²) in [5.41, 5.74) is 3.91. The molecule has 0 saturated carbocycles. The number of para-hydroxylation sites is 2. The zero-order chi connectivity index (χ0) is 18.8. The minimum atomic E-state index is -0.0538. The second-order valence-corrected chi connectivity index (χ2v) is 6.46. The van der Waals surface area contributed by atoms with Crippen molar-refractivity contribution in [3.05, 3.63) is 71.9 Å². The van der Waals surface area contributed by atoms with Crippen LogP contribution in [0.25, 0.3) is 17.0 Å². The van der Waals surface area contributed by atoms with Gasteiger partial charge < -0.3 is 9.88 Å². The molecule has 0 atom stereocenters. The molecule has 2 aromatic heterocycles. The van der Waals surface area contributed by atoms with Crippen LogP contribution in [0.3, 0.4) is 0 Å². The van der Waals surface area contributed by atoms with Crippen molar-refractivity contribution in [2.75, 3.05) is 5.32 Å². The van der Waals surface area contributed by atoms with Crippen molar-refractivity contribution in [2.45, 2.75) is 26.8 Å². The zero-order valence-electron chi connectivity index (χ0n) is 15.4. The van der Waals surface area contributed by atoms with Crippen molar-refractivity contribution in [2.24, 2.45) is 0 Å². The first kappa shape index (κ1) is 17.0. The van der Waals surface area contributed by atoms with Gasteiger partial charge in [-0.25, -0.2) is 4.98 Å². The lowest BCUT2D eigenvalue weighted by Crippen LogP contribution is -2.16. The Morgan fingerprint density at radius 1 is 1.07 bits per heavy atom. The maximum atomic E-state index is 11.9. The van der Waals surface area contributed by atoms with Crippen molar-refractivity contribution in [3.8, 4) is 5.95 Å². The fourth-order valence-corrected chi connectivity index (χ4v) is 3.12. The molecule has 4 rings (SSSR count). The van der Waals surface area contributed by atoms with E-state index in [4.69, 9.17) is 4.98 Å². The minimum Gasteiger partial charge on any atom is -0.310 e. The molecule has 2 aromatic carbocycles. The Labute approximate surface area is 157 Å². The van der Waals surface area contributed by atoms with Gasteiger partial charge >= 0.3 is 0 Å². The number of hydrogen-bond donors (Lipinski definition) is 1. The number of carbonyl (C=O) groups is 1. The maximum absolute atomic E-state index is 11.9. The molecule has 0 radical (unpaired) electrons. The number of benzene rings is 2. The predicted molar refractivity (Wildman–Crippen MR) is 106 cm³/mol. The minimum absolute atomic E-state index is 0.0538. The molecule has 0 bridgehead atoms. The first-order valence-electron chi connectivity index (χ1n) is 9.02. The smallest absolute Gasteiger partial charge is 0.234 e. The summed E-state index contributed by atoms with van der Waals surface area (Å²) in [5, 5.41) is 7.51. The lowest BCUT2D eigenvalue weighted by molar-refractivity contribution is -0.115. The highest BCUT2D eigenvalue weighted by Gasteiger charge is 2.18. The highest BCUT2D eigenvalue weighted by molar-refractivity contribution is 5.90. The number of nitrogens with one attached hydrogen (secondary N) is 1. The summed E-state index contributed by atoms with van der Waals surface area (Å²) in [6.07, 6.45) is 0.407. The molecule has 0 spiro atoms. The van der Waals surface area contributed by atoms with Crippen LogP contribution in [0.4, 0.5) is 5.82 Å². The van der Waals surface area contributed by atoms with E-state index in [1.54, 1.807) is 4.68 Å². The number of rotatable bonds is 5. The SMILES string of the molecule is CCC(=O)Nc1cc(C)nn1-c1nc2ccccc2n1Cc1ccccc1. The standard InChI is InChI=1S/C21H21N5O/c1-3-20(27)23-19-13-15(2)24-26(19)21-22-17-11-7-8-12-18(17)25(21)14-16-9-5-4-6-10-16/h4-13H,3,14H2,1-2H3,(H,23,27). The van der Waals surface area contributed by atoms with Crippen molar-refractivity contribution < 1.29 is 4.79 Å². The predicted octanol–water partition coefficient (Wildman–Crippen LogP) is 3.93. The van der Waals surface area contributed by atoms with Crippen LogP contribution in [0.1, 0.15) is 24.6 Å². The van der Waals surface area contributed by atoms with Gasteiger partial charge in [-0.05, 0) is 24.6 Å². The molecule has 0 aliphatic rings. The van der Waals surface area contributed by atoms with Gasteiger partial charge in [-0.2, -0.15) is 9.78 Å². The normalized spacial score (nSPS) is 11.0. The number of aryl methyl sites for hydroxylation is 1. The number of anilines is 1. The van der Waals surface area contributed by atoms with Gasteiger partial charge in [-0.15, -0.1) is 0 Å². The lowest BCUT2D eigenvalue weighted by atomic mass is 10.2. The van der Waals surface area contributed by atoms with Crippen molar-refractivity contribution >= 4 is 22.8 Å². The first-order valence-corrected chi connectivity index (χ1v) is 9.02. The van der Waals surface area contributed by atoms with Crippen molar-refractivity contribution in [1.82, 2.24) is 19.3 Å². The average molecular weight is 359 g/mol. The largest absolute Gasteiger partial charge is 0.310 e. The second-order valence-electron chi connectivity index (χ2n) is 6.46. The molecule has 0 unspecified atom stereocenters. The molecule has 1 amide bonds. The van der Waals surface area contributed by atoms with Crippen molar-refractivity contribution in [3.63, 3.8) is 0 Å². The number of fused-ring (bicyclic) bond motifs is 1. The molecular formula is C21H21N5O. The molecule has 4 aromatic rings. The summed E-state index contributed by atoms with van der Waals surface area (Å²) < 4.78 is 3.84. The van der Waals surface area contributed by atoms with E-state index >= 15 is 0 Å². The number of amides is 1. The first-order chi connectivity index (χ1) is 13.2. The number of nitrogens with zero attached hydrogens (tertiary/aromatic N) is 4. The molecule has 27 heavy (non-hydrogen) atoms. The third kappa shape index (κ3) is 3.33. The topological polar surface area (TPSA) is 64.7 Å². The van der Waals surface area contributed by atoms with Crippen LogP contribution >= 0.6 is 0 Å². The van der Waals surface area contributed by atoms with E-state index in [1.807, 2.05) is 56.3 Å². The van der Waals surface area contributed by atoms with Gasteiger partial charge in [-0.1, -0.05) is 49.4 Å². The Morgan fingerprint density at radius 2 is 1.81 bits per heavy atom. The van der Waals surface area contributed by atoms with E-state index < -0.39 is 0 Å². The monoisotopic (exact) mass is 359 g/mol. The van der Waals surface area contributed by atoms with Crippen molar-refractivity contribution in [1.29, 1.82) is 0 Å². The Morgan fingerprint density at radius 3 is 2.59 bits per heavy atom. The number of carbonyl (C=O) groups excluding carboxylic acids is 1. The highest BCUT2D eigenvalue weighted by atomic mass is 16.1. The summed E-state index contributed by atoms with van der Waals surface area (Å²) in [4.78, 5) is 16.7. The summed E-state index contributed by atoms with van der Waals surface area (Å²) in [6.45, 7) is 4.40. The number of aromatic nitrogens is 4. The van der Waals surface area contributed by atoms with E-state index in [2.05, 4.69) is 33.2 Å².